The van der Waals surface area contributed by atoms with Gasteiger partial charge in [-0.1, -0.05) is 35.3 Å². The van der Waals surface area contributed by atoms with Crippen LogP contribution in [0.25, 0.3) is 0 Å². The van der Waals surface area contributed by atoms with Gasteiger partial charge in [0.1, 0.15) is 5.75 Å². The normalized spacial score (nSPS) is 22.7. The zero-order valence-corrected chi connectivity index (χ0v) is 20.3. The van der Waals surface area contributed by atoms with Crippen molar-refractivity contribution in [2.24, 2.45) is 5.73 Å². The van der Waals surface area contributed by atoms with Crippen LogP contribution in [0.1, 0.15) is 55.5 Å². The van der Waals surface area contributed by atoms with Crippen LogP contribution in [0.15, 0.2) is 42.5 Å². The Morgan fingerprint density at radius 3 is 2.45 bits per heavy atom. The maximum atomic E-state index is 13.1. The summed E-state index contributed by atoms with van der Waals surface area (Å²) in [6.07, 6.45) is 3.98. The van der Waals surface area contributed by atoms with E-state index in [1.807, 2.05) is 18.2 Å². The van der Waals surface area contributed by atoms with Crippen molar-refractivity contribution in [1.82, 2.24) is 10.2 Å². The minimum absolute atomic E-state index is 0.0896. The third kappa shape index (κ3) is 5.45. The molecule has 6 nitrogen and oxygen atoms in total. The molecule has 8 heteroatoms. The maximum Gasteiger partial charge on any atom is 0.263 e. The first kappa shape index (κ1) is 23.9. The summed E-state index contributed by atoms with van der Waals surface area (Å²) in [6, 6.07) is 13.3. The topological polar surface area (TPSA) is 84.7 Å². The Morgan fingerprint density at radius 2 is 1.82 bits per heavy atom. The van der Waals surface area contributed by atoms with E-state index in [9.17, 15) is 9.59 Å². The number of fused-ring (bicyclic) bond motifs is 2. The van der Waals surface area contributed by atoms with Crippen LogP contribution in [-0.4, -0.2) is 40.4 Å². The highest BCUT2D eigenvalue weighted by Gasteiger charge is 2.42. The van der Waals surface area contributed by atoms with Crippen molar-refractivity contribution in [2.45, 2.75) is 69.8 Å². The molecule has 2 fully saturated rings. The molecule has 2 bridgehead atoms. The number of nitrogens with two attached hydrogens (primary N) is 1. The zero-order chi connectivity index (χ0) is 23.8. The van der Waals surface area contributed by atoms with Gasteiger partial charge in [-0.2, -0.15) is 0 Å². The number of halogens is 2. The molecule has 0 saturated carbocycles. The number of carbonyl (C=O) groups is 2. The molecule has 176 valence electrons. The Hall–Kier alpha value is -2.28. The molecule has 33 heavy (non-hydrogen) atoms. The van der Waals surface area contributed by atoms with E-state index < -0.39 is 11.5 Å². The van der Waals surface area contributed by atoms with Gasteiger partial charge in [-0.3, -0.25) is 14.5 Å². The lowest BCUT2D eigenvalue weighted by Gasteiger charge is -2.40. The molecule has 0 aromatic heterocycles. The molecule has 2 atom stereocenters. The molecule has 2 aromatic rings. The third-order valence-electron chi connectivity index (χ3n) is 6.60. The maximum absolute atomic E-state index is 13.1. The highest BCUT2D eigenvalue weighted by atomic mass is 35.5. The second-order valence-corrected chi connectivity index (χ2v) is 10.3. The number of piperidine rings is 1. The van der Waals surface area contributed by atoms with E-state index in [1.165, 1.54) is 0 Å². The number of hydrogen-bond donors (Lipinski definition) is 2. The lowest BCUT2D eigenvalue weighted by atomic mass is 9.95. The fraction of sp³-hybridized carbons (Fsp3) is 0.440. The number of rotatable bonds is 7. The largest absolute Gasteiger partial charge is 0.476 e. The molecule has 2 unspecified atom stereocenters. The van der Waals surface area contributed by atoms with Crippen LogP contribution in [0.5, 0.6) is 5.75 Å². The van der Waals surface area contributed by atoms with Gasteiger partial charge in [-0.25, -0.2) is 0 Å². The van der Waals surface area contributed by atoms with Crippen molar-refractivity contribution >= 4 is 35.0 Å². The van der Waals surface area contributed by atoms with E-state index in [-0.39, 0.29) is 11.9 Å². The van der Waals surface area contributed by atoms with Gasteiger partial charge in [0.25, 0.3) is 5.91 Å². The highest BCUT2D eigenvalue weighted by Crippen LogP contribution is 2.37. The Morgan fingerprint density at radius 1 is 1.12 bits per heavy atom. The molecule has 2 aliphatic rings. The second-order valence-electron chi connectivity index (χ2n) is 9.45. The quantitative estimate of drug-likeness (QED) is 0.596. The van der Waals surface area contributed by atoms with E-state index in [0.29, 0.717) is 33.4 Å². The van der Waals surface area contributed by atoms with Crippen LogP contribution < -0.4 is 15.8 Å². The number of amides is 2. The molecule has 0 spiro atoms. The number of ether oxygens (including phenoxy) is 1. The van der Waals surface area contributed by atoms with Crippen LogP contribution in [0, 0.1) is 0 Å². The Labute approximate surface area is 204 Å². The molecular formula is C25H29Cl2N3O3. The Kier molecular flexibility index (Phi) is 6.89. The SMILES string of the molecule is CC(C)(Oc1ccc(Cl)cc1Cl)C(=O)NC1CC2CCC(C1)N2Cc1cccc(C(N)=O)c1. The number of benzene rings is 2. The average Bonchev–Trinajstić information content (AvgIpc) is 2.98. The molecule has 2 aliphatic heterocycles. The van der Waals surface area contributed by atoms with Gasteiger partial charge in [0.15, 0.2) is 5.60 Å². The summed E-state index contributed by atoms with van der Waals surface area (Å²) in [6.45, 7) is 4.26. The predicted molar refractivity (Wildman–Crippen MR) is 130 cm³/mol. The van der Waals surface area contributed by atoms with Crippen LogP contribution >= 0.6 is 23.2 Å². The highest BCUT2D eigenvalue weighted by molar-refractivity contribution is 6.35. The van der Waals surface area contributed by atoms with Crippen molar-refractivity contribution in [3.8, 4) is 5.75 Å². The summed E-state index contributed by atoms with van der Waals surface area (Å²) < 4.78 is 5.94. The summed E-state index contributed by atoms with van der Waals surface area (Å²) in [5.41, 5.74) is 5.96. The minimum Gasteiger partial charge on any atom is -0.476 e. The van der Waals surface area contributed by atoms with Crippen molar-refractivity contribution < 1.29 is 14.3 Å². The lowest BCUT2D eigenvalue weighted by molar-refractivity contribution is -0.135. The predicted octanol–water partition coefficient (Wildman–Crippen LogP) is 4.56. The average molecular weight is 490 g/mol. The Balaban J connectivity index is 1.37. The third-order valence-corrected chi connectivity index (χ3v) is 7.13. The van der Waals surface area contributed by atoms with Gasteiger partial charge < -0.3 is 15.8 Å². The molecule has 0 aliphatic carbocycles. The Bertz CT molecular complexity index is 1040. The van der Waals surface area contributed by atoms with Gasteiger partial charge in [0.05, 0.1) is 5.02 Å². The molecule has 4 rings (SSSR count). The number of primary amides is 1. The van der Waals surface area contributed by atoms with Crippen molar-refractivity contribution in [3.05, 3.63) is 63.6 Å². The van der Waals surface area contributed by atoms with E-state index >= 15 is 0 Å². The molecule has 2 aromatic carbocycles. The van der Waals surface area contributed by atoms with Gasteiger partial charge in [-0.15, -0.1) is 0 Å². The van der Waals surface area contributed by atoms with Crippen molar-refractivity contribution in [1.29, 1.82) is 0 Å². The van der Waals surface area contributed by atoms with E-state index in [4.69, 9.17) is 33.7 Å². The minimum atomic E-state index is -1.08. The number of hydrogen-bond acceptors (Lipinski definition) is 4. The molecule has 0 radical (unpaired) electrons. The molecule has 3 N–H and O–H groups in total. The summed E-state index contributed by atoms with van der Waals surface area (Å²) in [5.74, 6) is -0.152. The van der Waals surface area contributed by atoms with Gasteiger partial charge >= 0.3 is 0 Å². The number of nitrogens with one attached hydrogen (secondary N) is 1. The fourth-order valence-corrected chi connectivity index (χ4v) is 5.37. The molecule has 2 saturated heterocycles. The lowest BCUT2D eigenvalue weighted by Crippen LogP contribution is -2.55. The standard InChI is InChI=1S/C25H29Cl2N3O3/c1-25(2,33-22-9-6-17(26)11-21(22)27)24(32)29-18-12-19-7-8-20(13-18)30(19)14-15-4-3-5-16(10-15)23(28)31/h3-6,9-11,18-20H,7-8,12-14H2,1-2H3,(H2,28,31)(H,29,32). The van der Waals surface area contributed by atoms with Gasteiger partial charge in [0, 0.05) is 35.3 Å². The van der Waals surface area contributed by atoms with Gasteiger partial charge in [0.2, 0.25) is 5.91 Å². The van der Waals surface area contributed by atoms with Crippen LogP contribution in [0.4, 0.5) is 0 Å². The first-order valence-corrected chi connectivity index (χ1v) is 12.0. The van der Waals surface area contributed by atoms with Gasteiger partial charge in [-0.05, 0) is 75.4 Å². The van der Waals surface area contributed by atoms with Crippen molar-refractivity contribution in [3.63, 3.8) is 0 Å². The van der Waals surface area contributed by atoms with Crippen LogP contribution in [-0.2, 0) is 11.3 Å². The van der Waals surface area contributed by atoms with E-state index in [0.717, 1.165) is 37.8 Å². The fourth-order valence-electron chi connectivity index (χ4n) is 4.92. The monoisotopic (exact) mass is 489 g/mol. The van der Waals surface area contributed by atoms with Crippen molar-refractivity contribution in [2.75, 3.05) is 0 Å². The summed E-state index contributed by atoms with van der Waals surface area (Å²) in [5, 5.41) is 4.08. The number of nitrogens with zero attached hydrogens (tertiary/aromatic N) is 1. The molecular weight excluding hydrogens is 461 g/mol. The number of carbonyl (C=O) groups excluding carboxylic acids is 2. The summed E-state index contributed by atoms with van der Waals surface area (Å²) >= 11 is 12.2. The molecule has 2 amide bonds. The van der Waals surface area contributed by atoms with E-state index in [2.05, 4.69) is 10.2 Å². The first-order valence-electron chi connectivity index (χ1n) is 11.2. The first-order chi connectivity index (χ1) is 15.6. The summed E-state index contributed by atoms with van der Waals surface area (Å²) in [7, 11) is 0. The van der Waals surface area contributed by atoms with Crippen LogP contribution in [0.3, 0.4) is 0 Å². The smallest absolute Gasteiger partial charge is 0.263 e. The zero-order valence-electron chi connectivity index (χ0n) is 18.8. The molecule has 2 heterocycles. The second kappa shape index (κ2) is 9.53. The van der Waals surface area contributed by atoms with Crippen LogP contribution in [0.2, 0.25) is 10.0 Å². The summed E-state index contributed by atoms with van der Waals surface area (Å²) in [4.78, 5) is 27.1. The van der Waals surface area contributed by atoms with E-state index in [1.54, 1.807) is 38.1 Å².